The molecule has 1 N–H and O–H groups in total. The maximum Gasteiger partial charge on any atom is 0.140 e. The molecule has 0 saturated carbocycles. The molecule has 1 aromatic heterocycles. The lowest BCUT2D eigenvalue weighted by Gasteiger charge is -2.35. The fourth-order valence-electron chi connectivity index (χ4n) is 3.53. The molecule has 4 rings (SSSR count). The molecule has 3 aromatic rings. The van der Waals surface area contributed by atoms with Crippen LogP contribution in [0.3, 0.4) is 0 Å². The number of hydrogen-bond acceptors (Lipinski definition) is 4. The number of phenols is 1. The normalized spacial score (nSPS) is 15.5. The van der Waals surface area contributed by atoms with Gasteiger partial charge in [-0.25, -0.2) is 9.37 Å². The van der Waals surface area contributed by atoms with Crippen LogP contribution in [0.25, 0.3) is 22.0 Å². The molecule has 26 heavy (non-hydrogen) atoms. The number of nitrogens with zero attached hydrogens (tertiary/aromatic N) is 3. The molecule has 2 heterocycles. The number of likely N-dealkylation sites (N-methyl/N-ethyl adjacent to an activating group) is 1. The first-order valence-electron chi connectivity index (χ1n) is 9.01. The van der Waals surface area contributed by atoms with Crippen molar-refractivity contribution in [2.24, 2.45) is 0 Å². The van der Waals surface area contributed by atoms with E-state index in [2.05, 4.69) is 16.7 Å². The Labute approximate surface area is 152 Å². The summed E-state index contributed by atoms with van der Waals surface area (Å²) in [6.07, 6.45) is 0. The molecule has 1 fully saturated rings. The summed E-state index contributed by atoms with van der Waals surface area (Å²) in [5.74, 6) is 0.691. The fourth-order valence-corrected chi connectivity index (χ4v) is 3.53. The van der Waals surface area contributed by atoms with Crippen LogP contribution in [0.2, 0.25) is 0 Å². The number of benzene rings is 2. The van der Waals surface area contributed by atoms with Gasteiger partial charge in [-0.15, -0.1) is 0 Å². The molecule has 0 spiro atoms. The van der Waals surface area contributed by atoms with E-state index >= 15 is 0 Å². The molecular formula is C21H22FN3O. The predicted molar refractivity (Wildman–Crippen MR) is 103 cm³/mol. The Morgan fingerprint density at radius 1 is 1.04 bits per heavy atom. The second kappa shape index (κ2) is 6.92. The van der Waals surface area contributed by atoms with E-state index in [1.807, 2.05) is 24.3 Å². The number of hydrogen-bond donors (Lipinski definition) is 1. The highest BCUT2D eigenvalue weighted by Gasteiger charge is 2.21. The largest absolute Gasteiger partial charge is 0.508 e. The molecule has 134 valence electrons. The van der Waals surface area contributed by atoms with Crippen molar-refractivity contribution >= 4 is 16.6 Å². The van der Waals surface area contributed by atoms with E-state index < -0.39 is 0 Å². The maximum atomic E-state index is 14.6. The van der Waals surface area contributed by atoms with Crippen LogP contribution in [0.1, 0.15) is 6.92 Å². The van der Waals surface area contributed by atoms with Gasteiger partial charge in [0.25, 0.3) is 0 Å². The van der Waals surface area contributed by atoms with E-state index in [1.165, 1.54) is 6.07 Å². The predicted octanol–water partition coefficient (Wildman–Crippen LogP) is 3.89. The molecule has 4 nitrogen and oxygen atoms in total. The minimum absolute atomic E-state index is 0.219. The minimum atomic E-state index is -0.236. The number of anilines is 1. The molecule has 0 amide bonds. The van der Waals surface area contributed by atoms with Crippen molar-refractivity contribution in [1.29, 1.82) is 0 Å². The number of aromatic nitrogens is 1. The third-order valence-corrected chi connectivity index (χ3v) is 5.07. The van der Waals surface area contributed by atoms with Crippen LogP contribution in [0, 0.1) is 5.82 Å². The number of fused-ring (bicyclic) bond motifs is 1. The molecule has 0 radical (unpaired) electrons. The van der Waals surface area contributed by atoms with Crippen molar-refractivity contribution in [1.82, 2.24) is 9.88 Å². The SMILES string of the molecule is CCN1CCN(c2nc(-c3ccc(O)cc3)cc3cccc(F)c23)CC1. The third kappa shape index (κ3) is 3.10. The van der Waals surface area contributed by atoms with Crippen LogP contribution < -0.4 is 4.90 Å². The van der Waals surface area contributed by atoms with E-state index in [0.29, 0.717) is 11.2 Å². The summed E-state index contributed by atoms with van der Waals surface area (Å²) in [6.45, 7) is 6.78. The zero-order valence-corrected chi connectivity index (χ0v) is 14.8. The van der Waals surface area contributed by atoms with Gasteiger partial charge in [0.2, 0.25) is 0 Å². The summed E-state index contributed by atoms with van der Waals surface area (Å²) in [5.41, 5.74) is 1.69. The summed E-state index contributed by atoms with van der Waals surface area (Å²) in [4.78, 5) is 9.39. The van der Waals surface area contributed by atoms with Crippen LogP contribution in [0.4, 0.5) is 10.2 Å². The Morgan fingerprint density at radius 3 is 2.46 bits per heavy atom. The Hall–Kier alpha value is -2.66. The van der Waals surface area contributed by atoms with Crippen molar-refractivity contribution in [2.75, 3.05) is 37.6 Å². The molecule has 0 aliphatic carbocycles. The molecule has 1 aliphatic heterocycles. The summed E-state index contributed by atoms with van der Waals surface area (Å²) in [5, 5.41) is 11.0. The topological polar surface area (TPSA) is 39.6 Å². The van der Waals surface area contributed by atoms with Crippen molar-refractivity contribution in [3.05, 3.63) is 54.3 Å². The van der Waals surface area contributed by atoms with Gasteiger partial charge in [-0.3, -0.25) is 0 Å². The first-order valence-corrected chi connectivity index (χ1v) is 9.01. The quantitative estimate of drug-likeness (QED) is 0.777. The maximum absolute atomic E-state index is 14.6. The van der Waals surface area contributed by atoms with E-state index in [4.69, 9.17) is 4.98 Å². The molecule has 0 unspecified atom stereocenters. The van der Waals surface area contributed by atoms with Gasteiger partial charge in [-0.2, -0.15) is 0 Å². The first-order chi connectivity index (χ1) is 12.7. The van der Waals surface area contributed by atoms with E-state index in [0.717, 1.165) is 49.4 Å². The average Bonchev–Trinajstić information content (AvgIpc) is 2.68. The highest BCUT2D eigenvalue weighted by molar-refractivity contribution is 5.95. The van der Waals surface area contributed by atoms with Crippen LogP contribution in [0.5, 0.6) is 5.75 Å². The second-order valence-corrected chi connectivity index (χ2v) is 6.64. The van der Waals surface area contributed by atoms with Crippen LogP contribution >= 0.6 is 0 Å². The number of aromatic hydroxyl groups is 1. The average molecular weight is 351 g/mol. The van der Waals surface area contributed by atoms with Gasteiger partial charge in [-0.05, 0) is 48.3 Å². The molecule has 0 atom stereocenters. The summed E-state index contributed by atoms with van der Waals surface area (Å²) in [7, 11) is 0. The third-order valence-electron chi connectivity index (χ3n) is 5.07. The van der Waals surface area contributed by atoms with Gasteiger partial charge in [0.1, 0.15) is 17.4 Å². The van der Waals surface area contributed by atoms with E-state index in [9.17, 15) is 9.50 Å². The van der Waals surface area contributed by atoms with Crippen molar-refractivity contribution in [3.63, 3.8) is 0 Å². The lowest BCUT2D eigenvalue weighted by molar-refractivity contribution is 0.271. The standard InChI is InChI=1S/C21H22FN3O/c1-2-24-10-12-25(13-11-24)21-20-16(4-3-5-18(20)22)14-19(23-21)15-6-8-17(26)9-7-15/h3-9,14,26H,2,10-13H2,1H3. The van der Waals surface area contributed by atoms with Gasteiger partial charge < -0.3 is 14.9 Å². The fraction of sp³-hybridized carbons (Fsp3) is 0.286. The van der Waals surface area contributed by atoms with Gasteiger partial charge in [0, 0.05) is 31.7 Å². The lowest BCUT2D eigenvalue weighted by atomic mass is 10.1. The molecule has 5 heteroatoms. The van der Waals surface area contributed by atoms with E-state index in [-0.39, 0.29) is 11.6 Å². The monoisotopic (exact) mass is 351 g/mol. The summed E-state index contributed by atoms with van der Waals surface area (Å²) in [6, 6.07) is 14.0. The number of piperazine rings is 1. The number of rotatable bonds is 3. The Kier molecular flexibility index (Phi) is 4.47. The van der Waals surface area contributed by atoms with Crippen molar-refractivity contribution in [2.45, 2.75) is 6.92 Å². The second-order valence-electron chi connectivity index (χ2n) is 6.64. The van der Waals surface area contributed by atoms with E-state index in [1.54, 1.807) is 18.2 Å². The van der Waals surface area contributed by atoms with Crippen molar-refractivity contribution in [3.8, 4) is 17.0 Å². The minimum Gasteiger partial charge on any atom is -0.508 e. The lowest BCUT2D eigenvalue weighted by Crippen LogP contribution is -2.46. The highest BCUT2D eigenvalue weighted by Crippen LogP contribution is 2.32. The van der Waals surface area contributed by atoms with Crippen LogP contribution in [-0.2, 0) is 0 Å². The Morgan fingerprint density at radius 2 is 1.77 bits per heavy atom. The number of pyridine rings is 1. The van der Waals surface area contributed by atoms with Crippen LogP contribution in [-0.4, -0.2) is 47.7 Å². The zero-order chi connectivity index (χ0) is 18.1. The Balaban J connectivity index is 1.82. The van der Waals surface area contributed by atoms with Crippen LogP contribution in [0.15, 0.2) is 48.5 Å². The van der Waals surface area contributed by atoms with Gasteiger partial charge in [-0.1, -0.05) is 19.1 Å². The molecule has 2 aromatic carbocycles. The molecule has 0 bridgehead atoms. The molecule has 1 aliphatic rings. The van der Waals surface area contributed by atoms with Gasteiger partial charge in [0.05, 0.1) is 11.1 Å². The first kappa shape index (κ1) is 16.8. The smallest absolute Gasteiger partial charge is 0.140 e. The number of halogens is 1. The zero-order valence-electron chi connectivity index (χ0n) is 14.8. The van der Waals surface area contributed by atoms with Crippen molar-refractivity contribution < 1.29 is 9.50 Å². The highest BCUT2D eigenvalue weighted by atomic mass is 19.1. The van der Waals surface area contributed by atoms with Gasteiger partial charge >= 0.3 is 0 Å². The Bertz CT molecular complexity index is 918. The summed E-state index contributed by atoms with van der Waals surface area (Å²) < 4.78 is 14.6. The number of phenolic OH excluding ortho intramolecular Hbond substituents is 1. The molecule has 1 saturated heterocycles. The van der Waals surface area contributed by atoms with Gasteiger partial charge in [0.15, 0.2) is 0 Å². The molecular weight excluding hydrogens is 329 g/mol. The summed E-state index contributed by atoms with van der Waals surface area (Å²) >= 11 is 0.